The molecule has 0 N–H and O–H groups in total. The van der Waals surface area contributed by atoms with Crippen molar-refractivity contribution < 1.29 is 10.2 Å². The third-order valence-corrected chi connectivity index (χ3v) is 24.6. The van der Waals surface area contributed by atoms with Crippen LogP contribution in [-0.2, 0) is 0 Å². The summed E-state index contributed by atoms with van der Waals surface area (Å²) in [7, 11) is 0. The first-order chi connectivity index (χ1) is 66.6. The maximum Gasteiger partial charge on any atom is 2.00 e. The summed E-state index contributed by atoms with van der Waals surface area (Å²) in [4.78, 5) is 43.5. The van der Waals surface area contributed by atoms with Gasteiger partial charge in [0.05, 0.1) is 66.2 Å². The van der Waals surface area contributed by atoms with E-state index in [1.165, 1.54) is 44.5 Å². The number of fused-ring (bicyclic) bond motifs is 15. The molecule has 9 heterocycles. The summed E-state index contributed by atoms with van der Waals surface area (Å²) in [6.07, 6.45) is 7.18. The van der Waals surface area contributed by atoms with Crippen LogP contribution in [-0.4, -0.2) is 68.7 Å². The zero-order valence-corrected chi connectivity index (χ0v) is 74.3. The van der Waals surface area contributed by atoms with Crippen molar-refractivity contribution in [2.75, 3.05) is 0 Å². The first-order valence-electron chi connectivity index (χ1n) is 44.9. The molecule has 0 unspecified atom stereocenters. The molecule has 0 atom stereocenters. The monoisotopic (exact) mass is 1740 g/mol. The summed E-state index contributed by atoms with van der Waals surface area (Å²) in [5, 5.41) is 33.4. The number of aryl methyl sites for hydroxylation is 2. The molecule has 0 radical (unpaired) electrons. The molecule has 0 saturated heterocycles. The van der Waals surface area contributed by atoms with Crippen molar-refractivity contribution in [3.8, 4) is 107 Å². The van der Waals surface area contributed by atoms with Gasteiger partial charge in [-0.05, 0) is 197 Å². The van der Waals surface area contributed by atoms with E-state index in [0.29, 0.717) is 0 Å². The zero-order chi connectivity index (χ0) is 90.7. The van der Waals surface area contributed by atoms with E-state index in [9.17, 15) is 10.2 Å². The third-order valence-electron chi connectivity index (χ3n) is 24.6. The van der Waals surface area contributed by atoms with Crippen LogP contribution in [0.1, 0.15) is 11.4 Å². The topological polar surface area (TPSA) is 177 Å². The summed E-state index contributed by atoms with van der Waals surface area (Å²) in [5.74, 6) is 2.61. The molecule has 0 amide bonds. The van der Waals surface area contributed by atoms with Crippen molar-refractivity contribution in [3.05, 3.63) is 473 Å². The molecular weight excluding hydrogens is 1660 g/mol. The van der Waals surface area contributed by atoms with Crippen molar-refractivity contribution in [1.82, 2.24) is 58.6 Å². The van der Waals surface area contributed by atoms with E-state index < -0.39 is 0 Å². The van der Waals surface area contributed by atoms with Gasteiger partial charge in [-0.2, -0.15) is 0 Å². The molecule has 9 aromatic heterocycles. The van der Waals surface area contributed by atoms with Crippen molar-refractivity contribution in [2.45, 2.75) is 13.8 Å². The van der Waals surface area contributed by atoms with E-state index in [1.807, 2.05) is 134 Å². The molecule has 0 aliphatic rings. The van der Waals surface area contributed by atoms with Crippen LogP contribution in [0.2, 0.25) is 0 Å². The second-order valence-corrected chi connectivity index (χ2v) is 33.1. The molecule has 640 valence electrons. The molecule has 26 aromatic rings. The molecule has 0 aliphatic heterocycles. The van der Waals surface area contributed by atoms with Crippen LogP contribution in [0.4, 0.5) is 0 Å². The van der Waals surface area contributed by atoms with Crippen LogP contribution in [0.25, 0.3) is 216 Å². The van der Waals surface area contributed by atoms with E-state index in [4.69, 9.17) is 24.9 Å². The average molecular weight is 1750 g/mol. The summed E-state index contributed by atoms with van der Waals surface area (Å²) in [5.41, 5.74) is 28.9. The Morgan fingerprint density at radius 2 is 0.485 bits per heavy atom. The van der Waals surface area contributed by atoms with Crippen LogP contribution in [0, 0.1) is 13.8 Å². The van der Waals surface area contributed by atoms with Gasteiger partial charge in [0.2, 0.25) is 0 Å². The molecule has 26 rings (SSSR count). The molecular formula is C121H82BeN12O2. The van der Waals surface area contributed by atoms with Crippen LogP contribution in [0.5, 0.6) is 11.5 Å². The standard InChI is InChI=1S/C45H30N6.C26H20N2.C24H16N2.2C13H9NO.Be/c1-4-16-34(17-5-1)49-40-25-13-10-22-37(40)46-43(49)31-28-32(44-47-38-23-11-14-26-41(38)50(44)35-18-6-2-7-19-35)30-33(29-31)45-48-39-24-12-15-27-42(39)51(45)36-20-8-3-9-21-36;1-17-15-23(19-9-5-3-6-10-19)21-13-14-22-24(20-11-7-4-8-12-20)16-18(2)28-26(22)25(21)27-17;1-3-7-17(8-4-1)19-13-15-25-23-21(19)11-12-22-20(14-16-26-24(22)23)18-9-5-2-6-10-18;2*15-11-5-1-3-9-6-7-10-4-2-8-14-13(10)12(9)11;/h1-30H;3-16H,1-2H3;1-16H;2*1-8,15H;/q;;;;;+2/p-2. The molecule has 0 aliphatic carbocycles. The summed E-state index contributed by atoms with van der Waals surface area (Å²) in [6.45, 7) is 4.11. The van der Waals surface area contributed by atoms with E-state index in [-0.39, 0.29) is 21.6 Å². The minimum absolute atomic E-state index is 0. The number of aromatic nitrogens is 12. The number of nitrogens with zero attached hydrogens (tertiary/aromatic N) is 12. The van der Waals surface area contributed by atoms with Gasteiger partial charge >= 0.3 is 10.1 Å². The number of imidazole rings is 3. The fraction of sp³-hybridized carbons (Fsp3) is 0.0165. The van der Waals surface area contributed by atoms with Crippen molar-refractivity contribution in [1.29, 1.82) is 0 Å². The van der Waals surface area contributed by atoms with Gasteiger partial charge in [0.1, 0.15) is 17.5 Å². The smallest absolute Gasteiger partial charge is 0.872 e. The number of hydrogen-bond donors (Lipinski definition) is 0. The van der Waals surface area contributed by atoms with Gasteiger partial charge < -0.3 is 10.2 Å². The zero-order valence-electron chi connectivity index (χ0n) is 74.3. The predicted octanol–water partition coefficient (Wildman–Crippen LogP) is 28.1. The normalized spacial score (nSPS) is 11.2. The Labute approximate surface area is 787 Å². The number of para-hydroxylation sites is 9. The maximum atomic E-state index is 11.8. The Morgan fingerprint density at radius 1 is 0.206 bits per heavy atom. The first-order valence-corrected chi connectivity index (χ1v) is 44.9. The molecule has 15 heteroatoms. The van der Waals surface area contributed by atoms with Crippen LogP contribution in [0.15, 0.2) is 462 Å². The second-order valence-electron chi connectivity index (χ2n) is 33.1. The number of rotatable bonds is 10. The van der Waals surface area contributed by atoms with E-state index in [0.717, 1.165) is 183 Å². The summed E-state index contributed by atoms with van der Waals surface area (Å²) >= 11 is 0. The molecule has 0 bridgehead atoms. The van der Waals surface area contributed by atoms with Crippen molar-refractivity contribution in [3.63, 3.8) is 0 Å². The van der Waals surface area contributed by atoms with Crippen molar-refractivity contribution in [2.24, 2.45) is 0 Å². The van der Waals surface area contributed by atoms with Crippen molar-refractivity contribution >= 4 is 130 Å². The minimum Gasteiger partial charge on any atom is -0.872 e. The minimum atomic E-state index is 0. The fourth-order valence-corrected chi connectivity index (χ4v) is 18.5. The summed E-state index contributed by atoms with van der Waals surface area (Å²) in [6, 6.07) is 148. The SMILES string of the molecule is Cc1cc(-c2ccccc2)c2ccc3c(-c4ccccc4)cc(C)nc3c2n1.[Be+2].[O-]c1cccc2ccc3cccnc3c12.[O-]c1cccc2ccc3cccnc3c12.c1ccc(-c2ccnc3c2ccc2c(-c4ccccc4)ccnc23)cc1.c1ccc(-n2c(-c3cc(-c4nc5ccccc5n4-c4ccccc4)cc(-c4nc5ccccc5n4-c4ccccc4)c3)nc3ccccc32)cc1. The Balaban J connectivity index is 0.000000110. The Bertz CT molecular complexity index is 8270. The number of pyridine rings is 6. The Morgan fingerprint density at radius 3 is 0.824 bits per heavy atom. The third kappa shape index (κ3) is 16.5. The van der Waals surface area contributed by atoms with Gasteiger partial charge in [0, 0.05) is 113 Å². The first kappa shape index (κ1) is 84.7. The summed E-state index contributed by atoms with van der Waals surface area (Å²) < 4.78 is 6.75. The second kappa shape index (κ2) is 37.4. The Hall–Kier alpha value is -18.1. The van der Waals surface area contributed by atoms with E-state index >= 15 is 0 Å². The van der Waals surface area contributed by atoms with Crippen LogP contribution < -0.4 is 10.2 Å². The van der Waals surface area contributed by atoms with Crippen LogP contribution >= 0.6 is 0 Å². The molecule has 0 saturated carbocycles. The van der Waals surface area contributed by atoms with Gasteiger partial charge in [-0.25, -0.2) is 15.0 Å². The molecule has 17 aromatic carbocycles. The van der Waals surface area contributed by atoms with Gasteiger partial charge in [0.15, 0.2) is 0 Å². The molecule has 14 nitrogen and oxygen atoms in total. The van der Waals surface area contributed by atoms with Crippen LogP contribution in [0.3, 0.4) is 0 Å². The van der Waals surface area contributed by atoms with E-state index in [1.54, 1.807) is 36.7 Å². The quantitative estimate of drug-likeness (QED) is 0.0940. The van der Waals surface area contributed by atoms with Gasteiger partial charge in [-0.15, -0.1) is 0 Å². The Kier molecular flexibility index (Phi) is 23.3. The molecule has 136 heavy (non-hydrogen) atoms. The molecule has 0 fully saturated rings. The number of hydrogen-bond acceptors (Lipinski definition) is 11. The maximum absolute atomic E-state index is 11.8. The predicted molar refractivity (Wildman–Crippen MR) is 555 cm³/mol. The average Bonchev–Trinajstić information content (AvgIpc) is 1.11. The largest absolute Gasteiger partial charge is 2.00 e. The fourth-order valence-electron chi connectivity index (χ4n) is 18.5. The van der Waals surface area contributed by atoms with Gasteiger partial charge in [0.25, 0.3) is 0 Å². The van der Waals surface area contributed by atoms with Gasteiger partial charge in [-0.1, -0.05) is 321 Å². The molecule has 0 spiro atoms. The van der Waals surface area contributed by atoms with E-state index in [2.05, 4.69) is 339 Å². The van der Waals surface area contributed by atoms with Gasteiger partial charge in [-0.3, -0.25) is 43.6 Å². The number of benzene rings is 17.